The van der Waals surface area contributed by atoms with Crippen molar-refractivity contribution in [1.82, 2.24) is 10.1 Å². The summed E-state index contributed by atoms with van der Waals surface area (Å²) in [6, 6.07) is 12.0. The normalized spacial score (nSPS) is 14.0. The first-order valence-electron chi connectivity index (χ1n) is 11.9. The Kier molecular flexibility index (Phi) is 7.44. The lowest BCUT2D eigenvalue weighted by Gasteiger charge is -2.36. The van der Waals surface area contributed by atoms with Crippen LogP contribution < -0.4 is 14.4 Å². The molecule has 1 aliphatic heterocycles. The van der Waals surface area contributed by atoms with E-state index in [4.69, 9.17) is 14.0 Å². The average molecular weight is 476 g/mol. The minimum absolute atomic E-state index is 0.0170. The predicted molar refractivity (Wildman–Crippen MR) is 137 cm³/mol. The fourth-order valence-corrected chi connectivity index (χ4v) is 4.28. The van der Waals surface area contributed by atoms with Crippen LogP contribution in [-0.2, 0) is 11.4 Å². The number of methoxy groups -OCH3 is 1. The number of aromatic nitrogens is 1. The number of aryl methyl sites for hydroxylation is 3. The fraction of sp³-hybridized carbons (Fsp3) is 0.357. The van der Waals surface area contributed by atoms with Crippen molar-refractivity contribution in [2.24, 2.45) is 0 Å². The highest BCUT2D eigenvalue weighted by Crippen LogP contribution is 2.30. The van der Waals surface area contributed by atoms with Crippen LogP contribution in [-0.4, -0.2) is 49.3 Å². The fourth-order valence-electron chi connectivity index (χ4n) is 4.28. The highest BCUT2D eigenvalue weighted by molar-refractivity contribution is 5.92. The van der Waals surface area contributed by atoms with Gasteiger partial charge in [-0.15, -0.1) is 0 Å². The van der Waals surface area contributed by atoms with E-state index in [1.54, 1.807) is 13.2 Å². The molecule has 0 N–H and O–H groups in total. The first kappa shape index (κ1) is 24.4. The zero-order valence-electron chi connectivity index (χ0n) is 21.1. The van der Waals surface area contributed by atoms with Gasteiger partial charge in [-0.2, -0.15) is 0 Å². The molecule has 35 heavy (non-hydrogen) atoms. The van der Waals surface area contributed by atoms with Crippen LogP contribution in [0, 0.1) is 27.7 Å². The molecule has 0 atom stereocenters. The van der Waals surface area contributed by atoms with Crippen LogP contribution in [0.3, 0.4) is 0 Å². The summed E-state index contributed by atoms with van der Waals surface area (Å²) in [4.78, 5) is 17.1. The van der Waals surface area contributed by atoms with Crippen molar-refractivity contribution in [2.75, 3.05) is 38.2 Å². The predicted octanol–water partition coefficient (Wildman–Crippen LogP) is 4.86. The maximum Gasteiger partial charge on any atom is 0.246 e. The number of anilines is 1. The third-order valence-electron chi connectivity index (χ3n) is 6.67. The first-order chi connectivity index (χ1) is 16.9. The lowest BCUT2D eigenvalue weighted by Crippen LogP contribution is -2.48. The van der Waals surface area contributed by atoms with E-state index >= 15 is 0 Å². The molecule has 7 heteroatoms. The number of rotatable bonds is 7. The van der Waals surface area contributed by atoms with Crippen LogP contribution in [0.15, 0.2) is 47.0 Å². The molecule has 2 aromatic carbocycles. The second kappa shape index (κ2) is 10.7. The van der Waals surface area contributed by atoms with Crippen LogP contribution in [0.5, 0.6) is 11.5 Å². The molecule has 1 saturated heterocycles. The molecule has 1 aliphatic rings. The molecule has 1 aromatic heterocycles. The van der Waals surface area contributed by atoms with Gasteiger partial charge in [0.2, 0.25) is 5.91 Å². The number of carbonyl (C=O) groups is 1. The molecule has 0 saturated carbocycles. The number of carbonyl (C=O) groups excluding carboxylic acids is 1. The smallest absolute Gasteiger partial charge is 0.246 e. The van der Waals surface area contributed by atoms with Gasteiger partial charge in [0.15, 0.2) is 11.5 Å². The Morgan fingerprint density at radius 2 is 1.83 bits per heavy atom. The van der Waals surface area contributed by atoms with E-state index in [9.17, 15) is 4.79 Å². The highest BCUT2D eigenvalue weighted by atomic mass is 16.5. The summed E-state index contributed by atoms with van der Waals surface area (Å²) in [5, 5.41) is 3.96. The molecule has 7 nitrogen and oxygen atoms in total. The number of piperazine rings is 1. The van der Waals surface area contributed by atoms with Crippen molar-refractivity contribution in [2.45, 2.75) is 34.3 Å². The van der Waals surface area contributed by atoms with Crippen LogP contribution in [0.1, 0.15) is 33.7 Å². The third-order valence-corrected chi connectivity index (χ3v) is 6.67. The molecule has 0 aliphatic carbocycles. The van der Waals surface area contributed by atoms with Gasteiger partial charge < -0.3 is 23.8 Å². The summed E-state index contributed by atoms with van der Waals surface area (Å²) in [5.74, 6) is 1.99. The zero-order valence-corrected chi connectivity index (χ0v) is 21.1. The largest absolute Gasteiger partial charge is 0.493 e. The van der Waals surface area contributed by atoms with Crippen molar-refractivity contribution >= 4 is 17.7 Å². The number of nitrogens with zero attached hydrogens (tertiary/aromatic N) is 3. The molecule has 4 rings (SSSR count). The van der Waals surface area contributed by atoms with Gasteiger partial charge in [0.1, 0.15) is 12.4 Å². The molecule has 1 amide bonds. The molecule has 1 fully saturated rings. The monoisotopic (exact) mass is 475 g/mol. The standard InChI is InChI=1S/C28H33N3O4/c1-19-7-6-8-25(20(19)2)30-13-15-31(16-14-30)28(32)12-10-23-9-11-26(27(17-23)33-5)34-18-24-21(3)29-35-22(24)4/h6-12,17H,13-16,18H2,1-5H3/b12-10+. The summed E-state index contributed by atoms with van der Waals surface area (Å²) >= 11 is 0. The Labute approximate surface area is 206 Å². The quantitative estimate of drug-likeness (QED) is 0.455. The lowest BCUT2D eigenvalue weighted by atomic mass is 10.1. The van der Waals surface area contributed by atoms with E-state index in [2.05, 4.69) is 42.1 Å². The number of hydrogen-bond acceptors (Lipinski definition) is 6. The molecule has 0 radical (unpaired) electrons. The number of ether oxygens (including phenoxy) is 2. The summed E-state index contributed by atoms with van der Waals surface area (Å²) in [5.41, 5.74) is 6.47. The van der Waals surface area contributed by atoms with Crippen LogP contribution in [0.25, 0.3) is 6.08 Å². The summed E-state index contributed by atoms with van der Waals surface area (Å²) in [7, 11) is 1.60. The summed E-state index contributed by atoms with van der Waals surface area (Å²) in [6.07, 6.45) is 3.45. The summed E-state index contributed by atoms with van der Waals surface area (Å²) < 4.78 is 16.6. The van der Waals surface area contributed by atoms with Crippen molar-refractivity contribution < 1.29 is 18.8 Å². The Morgan fingerprint density at radius 3 is 2.51 bits per heavy atom. The minimum atomic E-state index is 0.0170. The maximum absolute atomic E-state index is 12.8. The first-order valence-corrected chi connectivity index (χ1v) is 11.9. The molecule has 0 bridgehead atoms. The van der Waals surface area contributed by atoms with Gasteiger partial charge in [-0.3, -0.25) is 4.79 Å². The van der Waals surface area contributed by atoms with Gasteiger partial charge in [-0.1, -0.05) is 23.4 Å². The van der Waals surface area contributed by atoms with Gasteiger partial charge in [0.25, 0.3) is 0 Å². The highest BCUT2D eigenvalue weighted by Gasteiger charge is 2.21. The zero-order chi connectivity index (χ0) is 24.9. The van der Waals surface area contributed by atoms with E-state index in [1.165, 1.54) is 16.8 Å². The molecule has 0 unspecified atom stereocenters. The Bertz CT molecular complexity index is 1200. The topological polar surface area (TPSA) is 68.0 Å². The van der Waals surface area contributed by atoms with Gasteiger partial charge in [0.05, 0.1) is 18.4 Å². The second-order valence-corrected chi connectivity index (χ2v) is 8.87. The molecular weight excluding hydrogens is 442 g/mol. The molecule has 2 heterocycles. The Morgan fingerprint density at radius 1 is 1.06 bits per heavy atom. The van der Waals surface area contributed by atoms with Crippen LogP contribution >= 0.6 is 0 Å². The van der Waals surface area contributed by atoms with Crippen molar-refractivity contribution in [3.05, 3.63) is 76.2 Å². The van der Waals surface area contributed by atoms with E-state index in [-0.39, 0.29) is 5.91 Å². The maximum atomic E-state index is 12.8. The Balaban J connectivity index is 1.35. The van der Waals surface area contributed by atoms with E-state index in [0.29, 0.717) is 31.2 Å². The van der Waals surface area contributed by atoms with E-state index in [0.717, 1.165) is 35.7 Å². The van der Waals surface area contributed by atoms with Crippen molar-refractivity contribution in [3.63, 3.8) is 0 Å². The molecule has 3 aromatic rings. The average Bonchev–Trinajstić information content (AvgIpc) is 3.20. The van der Waals surface area contributed by atoms with Crippen LogP contribution in [0.2, 0.25) is 0 Å². The van der Waals surface area contributed by atoms with Crippen molar-refractivity contribution in [3.8, 4) is 11.5 Å². The Hall–Kier alpha value is -3.74. The van der Waals surface area contributed by atoms with Gasteiger partial charge in [-0.05, 0) is 68.7 Å². The number of amides is 1. The third kappa shape index (κ3) is 5.50. The number of hydrogen-bond donors (Lipinski definition) is 0. The molecule has 0 spiro atoms. The molecular formula is C28H33N3O4. The lowest BCUT2D eigenvalue weighted by molar-refractivity contribution is -0.126. The van der Waals surface area contributed by atoms with Crippen molar-refractivity contribution in [1.29, 1.82) is 0 Å². The van der Waals surface area contributed by atoms with E-state index in [1.807, 2.05) is 43.0 Å². The van der Waals surface area contributed by atoms with Gasteiger partial charge in [-0.25, -0.2) is 0 Å². The van der Waals surface area contributed by atoms with Gasteiger partial charge in [0, 0.05) is 37.9 Å². The second-order valence-electron chi connectivity index (χ2n) is 8.87. The number of benzene rings is 2. The SMILES string of the molecule is COc1cc(/C=C/C(=O)N2CCN(c3cccc(C)c3C)CC2)ccc1OCc1c(C)noc1C. The summed E-state index contributed by atoms with van der Waals surface area (Å²) in [6.45, 7) is 11.5. The van der Waals surface area contributed by atoms with Gasteiger partial charge >= 0.3 is 0 Å². The molecule has 184 valence electrons. The minimum Gasteiger partial charge on any atom is -0.493 e. The van der Waals surface area contributed by atoms with Crippen LogP contribution in [0.4, 0.5) is 5.69 Å². The van der Waals surface area contributed by atoms with E-state index < -0.39 is 0 Å².